The van der Waals surface area contributed by atoms with Gasteiger partial charge in [0.1, 0.15) is 31.3 Å². The second-order valence-electron chi connectivity index (χ2n) is 6.39. The number of aromatic hydroxyl groups is 1. The van der Waals surface area contributed by atoms with Crippen LogP contribution in [0.3, 0.4) is 0 Å². The van der Waals surface area contributed by atoms with Crippen LogP contribution in [0.2, 0.25) is 5.02 Å². The molecule has 0 atom stereocenters. The molecule has 0 aliphatic carbocycles. The summed E-state index contributed by atoms with van der Waals surface area (Å²) in [6.45, 7) is 1.30. The maximum absolute atomic E-state index is 10.9. The van der Waals surface area contributed by atoms with Crippen LogP contribution in [0.4, 0.5) is 0 Å². The fourth-order valence-electron chi connectivity index (χ4n) is 3.04. The Morgan fingerprint density at radius 2 is 1.90 bits per heavy atom. The molecule has 0 fully saturated rings. The van der Waals surface area contributed by atoms with Gasteiger partial charge in [-0.2, -0.15) is 0 Å². The van der Waals surface area contributed by atoms with Gasteiger partial charge in [0.2, 0.25) is 0 Å². The summed E-state index contributed by atoms with van der Waals surface area (Å²) in [7, 11) is 0. The predicted octanol–water partition coefficient (Wildman–Crippen LogP) is 5.64. The molecule has 0 saturated carbocycles. The second-order valence-corrected chi connectivity index (χ2v) is 7.59. The lowest BCUT2D eigenvalue weighted by Crippen LogP contribution is -2.15. The molecule has 0 bridgehead atoms. The summed E-state index contributed by atoms with van der Waals surface area (Å²) in [6, 6.07) is 14.4. The first-order chi connectivity index (χ1) is 14.1. The Labute approximate surface area is 180 Å². The molecule has 1 aliphatic heterocycles. The van der Waals surface area contributed by atoms with Crippen molar-refractivity contribution in [3.63, 3.8) is 0 Å². The van der Waals surface area contributed by atoms with E-state index in [2.05, 4.69) is 15.9 Å². The molecule has 0 radical (unpaired) electrons. The minimum absolute atomic E-state index is 0.115. The van der Waals surface area contributed by atoms with Gasteiger partial charge >= 0.3 is 0 Å². The summed E-state index contributed by atoms with van der Waals surface area (Å²) < 4.78 is 17.9. The molecular formula is C22H16BrClO5. The number of benzene rings is 3. The molecule has 0 amide bonds. The van der Waals surface area contributed by atoms with E-state index in [9.17, 15) is 9.90 Å². The Balaban J connectivity index is 1.59. The standard InChI is InChI=1S/C22H16BrClO5/c23-22-14(12-29-20-10-18(26)15(11-25)8-17(20)24)2-1-3-16(22)13-4-5-19-21(9-13)28-7-6-27-19/h1-5,8-11,26H,6-7,12H2. The largest absolute Gasteiger partial charge is 0.507 e. The van der Waals surface area contributed by atoms with E-state index in [0.717, 1.165) is 32.7 Å². The molecule has 5 nitrogen and oxygen atoms in total. The van der Waals surface area contributed by atoms with E-state index in [1.54, 1.807) is 0 Å². The Morgan fingerprint density at radius 3 is 2.69 bits per heavy atom. The third kappa shape index (κ3) is 4.04. The third-order valence-electron chi connectivity index (χ3n) is 4.52. The number of fused-ring (bicyclic) bond motifs is 1. The fraction of sp³-hybridized carbons (Fsp3) is 0.136. The number of ether oxygens (including phenoxy) is 3. The number of phenolic OH excluding ortho intramolecular Hbond substituents is 1. The fourth-order valence-corrected chi connectivity index (χ4v) is 3.88. The van der Waals surface area contributed by atoms with Crippen molar-refractivity contribution in [2.45, 2.75) is 6.61 Å². The van der Waals surface area contributed by atoms with Crippen LogP contribution in [0.5, 0.6) is 23.0 Å². The van der Waals surface area contributed by atoms with Crippen molar-refractivity contribution < 1.29 is 24.1 Å². The Hall–Kier alpha value is -2.70. The molecule has 0 saturated heterocycles. The summed E-state index contributed by atoms with van der Waals surface area (Å²) in [6.07, 6.45) is 0.540. The zero-order valence-electron chi connectivity index (χ0n) is 15.2. The number of carbonyl (C=O) groups is 1. The molecule has 1 heterocycles. The van der Waals surface area contributed by atoms with Crippen LogP contribution in [0, 0.1) is 0 Å². The number of hydrogen-bond acceptors (Lipinski definition) is 5. The summed E-state index contributed by atoms with van der Waals surface area (Å²) >= 11 is 9.81. The maximum atomic E-state index is 10.9. The van der Waals surface area contributed by atoms with Crippen molar-refractivity contribution in [3.8, 4) is 34.1 Å². The third-order valence-corrected chi connectivity index (χ3v) is 5.76. The minimum atomic E-state index is -0.177. The average Bonchev–Trinajstić information content (AvgIpc) is 2.74. The van der Waals surface area contributed by atoms with Gasteiger partial charge in [-0.05, 0) is 45.3 Å². The molecule has 1 N–H and O–H groups in total. The molecule has 29 heavy (non-hydrogen) atoms. The van der Waals surface area contributed by atoms with Gasteiger partial charge in [0.25, 0.3) is 0 Å². The molecule has 3 aromatic rings. The van der Waals surface area contributed by atoms with E-state index in [1.165, 1.54) is 12.1 Å². The molecule has 0 spiro atoms. The first-order valence-electron chi connectivity index (χ1n) is 8.84. The lowest BCUT2D eigenvalue weighted by molar-refractivity contribution is 0.112. The molecular weight excluding hydrogens is 460 g/mol. The molecule has 7 heteroatoms. The van der Waals surface area contributed by atoms with E-state index in [1.807, 2.05) is 36.4 Å². The first kappa shape index (κ1) is 19.6. The van der Waals surface area contributed by atoms with Gasteiger partial charge < -0.3 is 19.3 Å². The van der Waals surface area contributed by atoms with E-state index in [-0.39, 0.29) is 22.9 Å². The molecule has 3 aromatic carbocycles. The number of halogens is 2. The van der Waals surface area contributed by atoms with Crippen molar-refractivity contribution >= 4 is 33.8 Å². The van der Waals surface area contributed by atoms with E-state index < -0.39 is 0 Å². The van der Waals surface area contributed by atoms with Crippen LogP contribution in [0.15, 0.2) is 53.0 Å². The number of rotatable bonds is 5. The number of carbonyl (C=O) groups excluding carboxylic acids is 1. The van der Waals surface area contributed by atoms with Crippen LogP contribution in [0.25, 0.3) is 11.1 Å². The van der Waals surface area contributed by atoms with Crippen molar-refractivity contribution in [2.24, 2.45) is 0 Å². The monoisotopic (exact) mass is 474 g/mol. The highest BCUT2D eigenvalue weighted by molar-refractivity contribution is 9.10. The minimum Gasteiger partial charge on any atom is -0.507 e. The van der Waals surface area contributed by atoms with E-state index in [0.29, 0.717) is 25.2 Å². The van der Waals surface area contributed by atoms with E-state index >= 15 is 0 Å². The Bertz CT molecular complexity index is 1080. The van der Waals surface area contributed by atoms with Gasteiger partial charge in [-0.3, -0.25) is 4.79 Å². The Morgan fingerprint density at radius 1 is 1.10 bits per heavy atom. The zero-order chi connectivity index (χ0) is 20.4. The van der Waals surface area contributed by atoms with Gasteiger partial charge in [-0.15, -0.1) is 0 Å². The van der Waals surface area contributed by atoms with Crippen molar-refractivity contribution in [3.05, 3.63) is 69.2 Å². The lowest BCUT2D eigenvalue weighted by atomic mass is 10.0. The highest BCUT2D eigenvalue weighted by atomic mass is 79.9. The normalized spacial score (nSPS) is 12.5. The molecule has 1 aliphatic rings. The quantitative estimate of drug-likeness (QED) is 0.484. The summed E-state index contributed by atoms with van der Waals surface area (Å²) in [4.78, 5) is 10.9. The zero-order valence-corrected chi connectivity index (χ0v) is 17.5. The summed E-state index contributed by atoms with van der Waals surface area (Å²) in [5.41, 5.74) is 2.97. The van der Waals surface area contributed by atoms with Gasteiger partial charge in [0.05, 0.1) is 10.6 Å². The van der Waals surface area contributed by atoms with Crippen LogP contribution in [-0.4, -0.2) is 24.6 Å². The van der Waals surface area contributed by atoms with Gasteiger partial charge in [-0.25, -0.2) is 0 Å². The summed E-state index contributed by atoms with van der Waals surface area (Å²) in [5.74, 6) is 1.58. The lowest BCUT2D eigenvalue weighted by Gasteiger charge is -2.19. The average molecular weight is 476 g/mol. The number of aldehydes is 1. The van der Waals surface area contributed by atoms with Gasteiger partial charge in [0, 0.05) is 16.1 Å². The molecule has 148 valence electrons. The van der Waals surface area contributed by atoms with Crippen LogP contribution in [0.1, 0.15) is 15.9 Å². The predicted molar refractivity (Wildman–Crippen MR) is 113 cm³/mol. The molecule has 4 rings (SSSR count). The second kappa shape index (κ2) is 8.35. The van der Waals surface area contributed by atoms with E-state index in [4.69, 9.17) is 25.8 Å². The van der Waals surface area contributed by atoms with Crippen LogP contribution in [-0.2, 0) is 6.61 Å². The Kier molecular flexibility index (Phi) is 5.65. The molecule has 0 aromatic heterocycles. The van der Waals surface area contributed by atoms with Gasteiger partial charge in [-0.1, -0.05) is 35.9 Å². The topological polar surface area (TPSA) is 65.0 Å². The highest BCUT2D eigenvalue weighted by Crippen LogP contribution is 2.38. The number of hydrogen-bond donors (Lipinski definition) is 1. The van der Waals surface area contributed by atoms with Crippen molar-refractivity contribution in [1.82, 2.24) is 0 Å². The van der Waals surface area contributed by atoms with Crippen LogP contribution < -0.4 is 14.2 Å². The smallest absolute Gasteiger partial charge is 0.161 e. The van der Waals surface area contributed by atoms with Crippen molar-refractivity contribution in [2.75, 3.05) is 13.2 Å². The van der Waals surface area contributed by atoms with Crippen molar-refractivity contribution in [1.29, 1.82) is 0 Å². The highest BCUT2D eigenvalue weighted by Gasteiger charge is 2.15. The SMILES string of the molecule is O=Cc1cc(Cl)c(OCc2cccc(-c3ccc4c(c3)OCCO4)c2Br)cc1O. The first-order valence-corrected chi connectivity index (χ1v) is 10.0. The summed E-state index contributed by atoms with van der Waals surface area (Å²) in [5, 5.41) is 10.1. The number of phenols is 1. The molecule has 0 unspecified atom stereocenters. The van der Waals surface area contributed by atoms with Gasteiger partial charge in [0.15, 0.2) is 17.8 Å². The van der Waals surface area contributed by atoms with Crippen LogP contribution >= 0.6 is 27.5 Å². The maximum Gasteiger partial charge on any atom is 0.161 e.